The third kappa shape index (κ3) is 2.55. The zero-order valence-corrected chi connectivity index (χ0v) is 12.2. The van der Waals surface area contributed by atoms with Gasteiger partial charge in [-0.1, -0.05) is 12.1 Å². The fourth-order valence-corrected chi connectivity index (χ4v) is 2.78. The largest absolute Gasteiger partial charge is 0.326 e. The third-order valence-corrected chi connectivity index (χ3v) is 4.18. The molecule has 2 atom stereocenters. The first-order valence-electron chi connectivity index (χ1n) is 7.25. The topological polar surface area (TPSA) is 99.3 Å². The summed E-state index contributed by atoms with van der Waals surface area (Å²) in [7, 11) is 0. The van der Waals surface area contributed by atoms with Gasteiger partial charge in [-0.2, -0.15) is 0 Å². The van der Waals surface area contributed by atoms with Crippen molar-refractivity contribution in [1.82, 2.24) is 16.0 Å². The normalized spacial score (nSPS) is 27.4. The molecule has 2 unspecified atom stereocenters. The average Bonchev–Trinajstić information content (AvgIpc) is 3.09. The van der Waals surface area contributed by atoms with E-state index < -0.39 is 17.5 Å². The van der Waals surface area contributed by atoms with Crippen LogP contribution in [0.25, 0.3) is 0 Å². The maximum absolute atomic E-state index is 12.1. The average molecular weight is 302 g/mol. The van der Waals surface area contributed by atoms with E-state index in [2.05, 4.69) is 21.3 Å². The predicted octanol–water partition coefficient (Wildman–Crippen LogP) is 0.289. The summed E-state index contributed by atoms with van der Waals surface area (Å²) in [5.74, 6) is -0.470. The molecule has 0 spiro atoms. The molecule has 116 valence electrons. The molecular formula is C15H18N4O3. The molecule has 2 heterocycles. The molecule has 4 amide bonds. The second kappa shape index (κ2) is 5.42. The van der Waals surface area contributed by atoms with E-state index in [1.54, 1.807) is 31.2 Å². The summed E-state index contributed by atoms with van der Waals surface area (Å²) in [5, 5.41) is 10.9. The Kier molecular flexibility index (Phi) is 3.58. The van der Waals surface area contributed by atoms with Gasteiger partial charge in [-0.3, -0.25) is 14.9 Å². The molecule has 0 saturated carbocycles. The van der Waals surface area contributed by atoms with Crippen molar-refractivity contribution in [2.45, 2.75) is 18.9 Å². The Labute approximate surface area is 127 Å². The van der Waals surface area contributed by atoms with Gasteiger partial charge in [0.15, 0.2) is 0 Å². The Morgan fingerprint density at radius 2 is 2.18 bits per heavy atom. The summed E-state index contributed by atoms with van der Waals surface area (Å²) in [6.07, 6.45) is 0.821. The van der Waals surface area contributed by atoms with Crippen LogP contribution in [0.2, 0.25) is 0 Å². The number of amides is 4. The van der Waals surface area contributed by atoms with E-state index >= 15 is 0 Å². The third-order valence-electron chi connectivity index (χ3n) is 4.18. The van der Waals surface area contributed by atoms with Crippen molar-refractivity contribution in [3.8, 4) is 0 Å². The molecule has 7 heteroatoms. The SMILES string of the molecule is CC1(c2cccc(NC(=O)C3CCNC3)c2)NC(=O)NC1=O. The monoisotopic (exact) mass is 302 g/mol. The fourth-order valence-electron chi connectivity index (χ4n) is 2.78. The first-order chi connectivity index (χ1) is 10.5. The van der Waals surface area contributed by atoms with Crippen molar-refractivity contribution in [3.63, 3.8) is 0 Å². The van der Waals surface area contributed by atoms with Gasteiger partial charge in [-0.25, -0.2) is 4.79 Å². The molecule has 0 aliphatic carbocycles. The molecule has 3 rings (SSSR count). The van der Waals surface area contributed by atoms with Crippen LogP contribution in [-0.4, -0.2) is 30.9 Å². The molecule has 0 radical (unpaired) electrons. The van der Waals surface area contributed by atoms with Gasteiger partial charge in [-0.15, -0.1) is 0 Å². The first-order valence-corrected chi connectivity index (χ1v) is 7.25. The van der Waals surface area contributed by atoms with Gasteiger partial charge in [0.05, 0.1) is 5.92 Å². The molecule has 2 fully saturated rings. The standard InChI is InChI=1S/C15H18N4O3/c1-15(13(21)18-14(22)19-15)10-3-2-4-11(7-10)17-12(20)9-5-6-16-8-9/h2-4,7,9,16H,5-6,8H2,1H3,(H,17,20)(H2,18,19,21,22). The lowest BCUT2D eigenvalue weighted by Gasteiger charge is -2.22. The number of imide groups is 1. The Bertz CT molecular complexity index is 639. The zero-order chi connectivity index (χ0) is 15.7. The highest BCUT2D eigenvalue weighted by Crippen LogP contribution is 2.26. The van der Waals surface area contributed by atoms with Crippen molar-refractivity contribution >= 4 is 23.5 Å². The van der Waals surface area contributed by atoms with E-state index in [-0.39, 0.29) is 11.8 Å². The lowest BCUT2D eigenvalue weighted by molar-refractivity contribution is -0.123. The number of carbonyl (C=O) groups is 3. The van der Waals surface area contributed by atoms with Gasteiger partial charge in [0.25, 0.3) is 5.91 Å². The number of nitrogens with one attached hydrogen (secondary N) is 4. The van der Waals surface area contributed by atoms with Crippen LogP contribution >= 0.6 is 0 Å². The van der Waals surface area contributed by atoms with E-state index in [1.165, 1.54) is 0 Å². The molecular weight excluding hydrogens is 284 g/mol. The minimum atomic E-state index is -1.12. The highest BCUT2D eigenvalue weighted by atomic mass is 16.2. The smallest absolute Gasteiger partial charge is 0.322 e. The minimum Gasteiger partial charge on any atom is -0.326 e. The molecule has 1 aromatic carbocycles. The zero-order valence-electron chi connectivity index (χ0n) is 12.2. The first kappa shape index (κ1) is 14.5. The number of urea groups is 1. The van der Waals surface area contributed by atoms with Gasteiger partial charge >= 0.3 is 6.03 Å². The number of rotatable bonds is 3. The van der Waals surface area contributed by atoms with Gasteiger partial charge < -0.3 is 16.0 Å². The minimum absolute atomic E-state index is 0.0336. The van der Waals surface area contributed by atoms with Gasteiger partial charge in [0.2, 0.25) is 5.91 Å². The van der Waals surface area contributed by atoms with Crippen LogP contribution in [0, 0.1) is 5.92 Å². The van der Waals surface area contributed by atoms with Crippen LogP contribution in [-0.2, 0) is 15.1 Å². The Hall–Kier alpha value is -2.41. The molecule has 22 heavy (non-hydrogen) atoms. The maximum atomic E-state index is 12.1. The van der Waals surface area contributed by atoms with Gasteiger partial charge in [0, 0.05) is 12.2 Å². The van der Waals surface area contributed by atoms with Crippen molar-refractivity contribution in [1.29, 1.82) is 0 Å². The van der Waals surface area contributed by atoms with Crippen LogP contribution in [0.4, 0.5) is 10.5 Å². The maximum Gasteiger partial charge on any atom is 0.322 e. The summed E-state index contributed by atoms with van der Waals surface area (Å²) in [5.41, 5.74) is 0.120. The Morgan fingerprint density at radius 3 is 2.82 bits per heavy atom. The summed E-state index contributed by atoms with van der Waals surface area (Å²) < 4.78 is 0. The van der Waals surface area contributed by atoms with Crippen molar-refractivity contribution < 1.29 is 14.4 Å². The van der Waals surface area contributed by atoms with Crippen LogP contribution in [0.1, 0.15) is 18.9 Å². The highest BCUT2D eigenvalue weighted by Gasteiger charge is 2.43. The molecule has 2 saturated heterocycles. The Balaban J connectivity index is 1.79. The molecule has 2 aliphatic heterocycles. The molecule has 1 aromatic rings. The summed E-state index contributed by atoms with van der Waals surface area (Å²) in [4.78, 5) is 35.5. The van der Waals surface area contributed by atoms with E-state index in [1.807, 2.05) is 0 Å². The lowest BCUT2D eigenvalue weighted by Crippen LogP contribution is -2.40. The highest BCUT2D eigenvalue weighted by molar-refractivity contribution is 6.07. The molecule has 7 nitrogen and oxygen atoms in total. The van der Waals surface area contributed by atoms with Crippen LogP contribution in [0.15, 0.2) is 24.3 Å². The molecule has 0 bridgehead atoms. The van der Waals surface area contributed by atoms with Crippen molar-refractivity contribution in [2.75, 3.05) is 18.4 Å². The van der Waals surface area contributed by atoms with Crippen LogP contribution in [0.3, 0.4) is 0 Å². The van der Waals surface area contributed by atoms with Crippen LogP contribution in [0.5, 0.6) is 0 Å². The number of hydrogen-bond donors (Lipinski definition) is 4. The number of hydrogen-bond acceptors (Lipinski definition) is 4. The van der Waals surface area contributed by atoms with E-state index in [9.17, 15) is 14.4 Å². The Morgan fingerprint density at radius 1 is 1.36 bits per heavy atom. The van der Waals surface area contributed by atoms with Crippen LogP contribution < -0.4 is 21.3 Å². The number of benzene rings is 1. The summed E-state index contributed by atoms with van der Waals surface area (Å²) in [6.45, 7) is 3.17. The van der Waals surface area contributed by atoms with Gasteiger partial charge in [0.1, 0.15) is 5.54 Å². The number of carbonyl (C=O) groups excluding carboxylic acids is 3. The van der Waals surface area contributed by atoms with E-state index in [0.29, 0.717) is 17.8 Å². The van der Waals surface area contributed by atoms with Gasteiger partial charge in [-0.05, 0) is 37.6 Å². The molecule has 0 aromatic heterocycles. The quantitative estimate of drug-likeness (QED) is 0.603. The molecule has 4 N–H and O–H groups in total. The predicted molar refractivity (Wildman–Crippen MR) is 80.1 cm³/mol. The summed E-state index contributed by atoms with van der Waals surface area (Å²) >= 11 is 0. The van der Waals surface area contributed by atoms with Crippen molar-refractivity contribution in [3.05, 3.63) is 29.8 Å². The summed E-state index contributed by atoms with van der Waals surface area (Å²) in [6, 6.07) is 6.46. The second-order valence-corrected chi connectivity index (χ2v) is 5.79. The second-order valence-electron chi connectivity index (χ2n) is 5.79. The van der Waals surface area contributed by atoms with Crippen molar-refractivity contribution in [2.24, 2.45) is 5.92 Å². The number of anilines is 1. The molecule has 2 aliphatic rings. The fraction of sp³-hybridized carbons (Fsp3) is 0.400. The van der Waals surface area contributed by atoms with E-state index in [4.69, 9.17) is 0 Å². The lowest BCUT2D eigenvalue weighted by atomic mass is 9.92. The van der Waals surface area contributed by atoms with E-state index in [0.717, 1.165) is 13.0 Å².